The summed E-state index contributed by atoms with van der Waals surface area (Å²) in [6, 6.07) is 0. The number of aliphatic hydroxyl groups excluding tert-OH is 1. The summed E-state index contributed by atoms with van der Waals surface area (Å²) in [5.41, 5.74) is -5.13. The molecule has 0 amide bonds. The van der Waals surface area contributed by atoms with Gasteiger partial charge < -0.3 is 15.3 Å². The van der Waals surface area contributed by atoms with Crippen LogP contribution in [0.15, 0.2) is 23.6 Å². The van der Waals surface area contributed by atoms with Gasteiger partial charge in [-0.2, -0.15) is 0 Å². The SMILES string of the molecule is C[C@@H]1C[C@H]2[C@@H]3C[C@H](F)C4=C(F)C(=O)C=C[C@]4(C)[C@@]3(Cl)[C@@H](O)C[C@]2(C)[C@@]1(O)C(=O)O. The molecule has 5 nitrogen and oxygen atoms in total. The van der Waals surface area contributed by atoms with Gasteiger partial charge in [-0.3, -0.25) is 4.79 Å². The highest BCUT2D eigenvalue weighted by atomic mass is 35.5. The Morgan fingerprint density at radius 1 is 1.28 bits per heavy atom. The van der Waals surface area contributed by atoms with Crippen molar-refractivity contribution in [1.82, 2.24) is 0 Å². The standard InChI is InChI=1S/C21H25ClF2O5/c1-9-6-10-11-7-12(23)15-16(24)13(25)4-5-18(15,2)20(11,22)14(26)8-19(10,3)21(9,29)17(27)28/h4-5,9-12,14,26,29H,6-8H2,1-3H3,(H,27,28)/t9-,10+,11+,12+,14+,18+,19+,20+,21+/m1/s1. The van der Waals surface area contributed by atoms with Crippen molar-refractivity contribution in [3.8, 4) is 0 Å². The third kappa shape index (κ3) is 2.12. The first-order chi connectivity index (χ1) is 13.3. The molecule has 0 aromatic carbocycles. The summed E-state index contributed by atoms with van der Waals surface area (Å²) in [5.74, 6) is -5.33. The van der Waals surface area contributed by atoms with E-state index in [0.717, 1.165) is 6.08 Å². The highest BCUT2D eigenvalue weighted by molar-refractivity contribution is 6.26. The molecule has 29 heavy (non-hydrogen) atoms. The van der Waals surface area contributed by atoms with Crippen LogP contribution in [0, 0.1) is 28.6 Å². The predicted molar refractivity (Wildman–Crippen MR) is 101 cm³/mol. The molecule has 0 spiro atoms. The monoisotopic (exact) mass is 430 g/mol. The van der Waals surface area contributed by atoms with Crippen LogP contribution in [-0.2, 0) is 9.59 Å². The van der Waals surface area contributed by atoms with Gasteiger partial charge in [0.15, 0.2) is 11.4 Å². The van der Waals surface area contributed by atoms with E-state index in [1.54, 1.807) is 13.8 Å². The number of hydrogen-bond donors (Lipinski definition) is 3. The Hall–Kier alpha value is -1.31. The van der Waals surface area contributed by atoms with E-state index in [9.17, 15) is 29.3 Å². The van der Waals surface area contributed by atoms with Gasteiger partial charge in [0.2, 0.25) is 5.78 Å². The van der Waals surface area contributed by atoms with Crippen LogP contribution < -0.4 is 0 Å². The number of allylic oxidation sites excluding steroid dienone is 4. The first-order valence-electron chi connectivity index (χ1n) is 9.87. The molecule has 0 heterocycles. The van der Waals surface area contributed by atoms with E-state index in [1.165, 1.54) is 13.0 Å². The molecule has 160 valence electrons. The number of carboxylic acids is 1. The lowest BCUT2D eigenvalue weighted by atomic mass is 9.45. The molecule has 8 heteroatoms. The second kappa shape index (κ2) is 5.89. The van der Waals surface area contributed by atoms with E-state index in [1.807, 2.05) is 0 Å². The average molecular weight is 431 g/mol. The van der Waals surface area contributed by atoms with E-state index in [2.05, 4.69) is 0 Å². The number of carbonyl (C=O) groups is 2. The van der Waals surface area contributed by atoms with Crippen molar-refractivity contribution < 1.29 is 33.7 Å². The maximum atomic E-state index is 15.3. The number of carbonyl (C=O) groups excluding carboxylic acids is 1. The molecule has 0 aromatic rings. The van der Waals surface area contributed by atoms with E-state index in [0.29, 0.717) is 0 Å². The van der Waals surface area contributed by atoms with Crippen molar-refractivity contribution >= 4 is 23.4 Å². The van der Waals surface area contributed by atoms with Gasteiger partial charge in [-0.15, -0.1) is 11.6 Å². The van der Waals surface area contributed by atoms with Crippen LogP contribution in [0.1, 0.15) is 40.0 Å². The molecule has 3 saturated carbocycles. The van der Waals surface area contributed by atoms with Crippen molar-refractivity contribution in [3.63, 3.8) is 0 Å². The number of aliphatic hydroxyl groups is 2. The zero-order valence-electron chi connectivity index (χ0n) is 16.5. The van der Waals surface area contributed by atoms with Crippen molar-refractivity contribution in [2.75, 3.05) is 0 Å². The Morgan fingerprint density at radius 2 is 1.90 bits per heavy atom. The predicted octanol–water partition coefficient (Wildman–Crippen LogP) is 2.93. The number of ketones is 1. The molecule has 4 aliphatic carbocycles. The van der Waals surface area contributed by atoms with Crippen molar-refractivity contribution in [3.05, 3.63) is 23.6 Å². The molecule has 3 N–H and O–H groups in total. The van der Waals surface area contributed by atoms with Gasteiger partial charge in [0.25, 0.3) is 0 Å². The topological polar surface area (TPSA) is 94.8 Å². The molecular weight excluding hydrogens is 406 g/mol. The largest absolute Gasteiger partial charge is 0.479 e. The summed E-state index contributed by atoms with van der Waals surface area (Å²) in [7, 11) is 0. The summed E-state index contributed by atoms with van der Waals surface area (Å²) < 4.78 is 30.0. The van der Waals surface area contributed by atoms with Crippen LogP contribution in [-0.4, -0.2) is 49.8 Å². The molecular formula is C21H25ClF2O5. The Labute approximate surface area is 172 Å². The molecule has 0 aliphatic heterocycles. The van der Waals surface area contributed by atoms with E-state index in [-0.39, 0.29) is 24.8 Å². The average Bonchev–Trinajstić information content (AvgIpc) is 2.83. The van der Waals surface area contributed by atoms with Crippen LogP contribution in [0.3, 0.4) is 0 Å². The molecule has 0 saturated heterocycles. The molecule has 0 aromatic heterocycles. The normalized spacial score (nSPS) is 54.1. The lowest BCUT2D eigenvalue weighted by molar-refractivity contribution is -0.195. The van der Waals surface area contributed by atoms with Crippen LogP contribution >= 0.6 is 11.6 Å². The minimum Gasteiger partial charge on any atom is -0.479 e. The molecule has 0 bridgehead atoms. The van der Waals surface area contributed by atoms with E-state index >= 15 is 4.39 Å². The Kier molecular flexibility index (Phi) is 4.25. The lowest BCUT2D eigenvalue weighted by Gasteiger charge is -2.64. The van der Waals surface area contributed by atoms with Gasteiger partial charge in [0.1, 0.15) is 6.17 Å². The zero-order valence-corrected chi connectivity index (χ0v) is 17.2. The Balaban J connectivity index is 1.91. The minimum atomic E-state index is -2.09. The summed E-state index contributed by atoms with van der Waals surface area (Å²) in [6.45, 7) is 4.75. The fourth-order valence-corrected chi connectivity index (χ4v) is 7.57. The van der Waals surface area contributed by atoms with Crippen LogP contribution in [0.2, 0.25) is 0 Å². The number of alkyl halides is 2. The lowest BCUT2D eigenvalue weighted by Crippen LogP contribution is -2.70. The van der Waals surface area contributed by atoms with Gasteiger partial charge >= 0.3 is 5.97 Å². The van der Waals surface area contributed by atoms with Crippen molar-refractivity contribution in [2.45, 2.75) is 62.8 Å². The van der Waals surface area contributed by atoms with Gasteiger partial charge in [-0.05, 0) is 43.1 Å². The number of hydrogen-bond acceptors (Lipinski definition) is 4. The van der Waals surface area contributed by atoms with E-state index < -0.39 is 68.9 Å². The molecule has 4 aliphatic rings. The fraction of sp³-hybridized carbons (Fsp3) is 0.714. The number of fused-ring (bicyclic) bond motifs is 5. The molecule has 9 atom stereocenters. The first kappa shape index (κ1) is 20.9. The third-order valence-electron chi connectivity index (χ3n) is 8.61. The molecule has 3 fully saturated rings. The summed E-state index contributed by atoms with van der Waals surface area (Å²) in [4.78, 5) is 22.3. The number of rotatable bonds is 1. The number of carboxylic acid groups (broad SMARTS) is 1. The van der Waals surface area contributed by atoms with Crippen molar-refractivity contribution in [2.24, 2.45) is 28.6 Å². The van der Waals surface area contributed by atoms with Crippen LogP contribution in [0.25, 0.3) is 0 Å². The Bertz CT molecular complexity index is 873. The summed E-state index contributed by atoms with van der Waals surface area (Å²) in [6.07, 6.45) is -0.843. The quantitative estimate of drug-likeness (QED) is 0.556. The second-order valence-corrected chi connectivity index (χ2v) is 10.3. The van der Waals surface area contributed by atoms with Gasteiger partial charge in [0, 0.05) is 16.4 Å². The third-order valence-corrected chi connectivity index (χ3v) is 9.54. The highest BCUT2D eigenvalue weighted by Gasteiger charge is 2.76. The minimum absolute atomic E-state index is 0.131. The summed E-state index contributed by atoms with van der Waals surface area (Å²) >= 11 is 7.06. The van der Waals surface area contributed by atoms with Gasteiger partial charge in [-0.1, -0.05) is 26.8 Å². The van der Waals surface area contributed by atoms with Crippen LogP contribution in [0.4, 0.5) is 8.78 Å². The molecule has 0 radical (unpaired) electrons. The van der Waals surface area contributed by atoms with Gasteiger partial charge in [-0.25, -0.2) is 13.6 Å². The maximum absolute atomic E-state index is 15.3. The second-order valence-electron chi connectivity index (χ2n) is 9.66. The maximum Gasteiger partial charge on any atom is 0.336 e. The first-order valence-corrected chi connectivity index (χ1v) is 10.2. The van der Waals surface area contributed by atoms with Crippen molar-refractivity contribution in [1.29, 1.82) is 0 Å². The summed E-state index contributed by atoms with van der Waals surface area (Å²) in [5, 5.41) is 32.1. The smallest absolute Gasteiger partial charge is 0.336 e. The molecule has 0 unspecified atom stereocenters. The van der Waals surface area contributed by atoms with Crippen LogP contribution in [0.5, 0.6) is 0 Å². The molecule has 4 rings (SSSR count). The highest BCUT2D eigenvalue weighted by Crippen LogP contribution is 2.71. The Morgan fingerprint density at radius 3 is 2.48 bits per heavy atom. The fourth-order valence-electron chi connectivity index (χ4n) is 7.09. The van der Waals surface area contributed by atoms with E-state index in [4.69, 9.17) is 11.6 Å². The van der Waals surface area contributed by atoms with Gasteiger partial charge in [0.05, 0.1) is 11.0 Å². The number of aliphatic carboxylic acids is 1. The zero-order chi connectivity index (χ0) is 21.7. The number of halogens is 3.